The molecule has 125 valence electrons. The lowest BCUT2D eigenvalue weighted by molar-refractivity contribution is -0.113. The Kier molecular flexibility index (Phi) is 4.99. The summed E-state index contributed by atoms with van der Waals surface area (Å²) >= 11 is 0. The predicted molar refractivity (Wildman–Crippen MR) is 95.7 cm³/mol. The number of benzene rings is 2. The molecule has 0 spiro atoms. The highest BCUT2D eigenvalue weighted by molar-refractivity contribution is 6.04. The fraction of sp³-hybridized carbons (Fsp3) is 0.105. The van der Waals surface area contributed by atoms with Gasteiger partial charge in [-0.25, -0.2) is 9.97 Å². The molecule has 0 aliphatic heterocycles. The molecule has 3 rings (SSSR count). The van der Waals surface area contributed by atoms with E-state index < -0.39 is 5.91 Å². The summed E-state index contributed by atoms with van der Waals surface area (Å²) < 4.78 is 0. The number of nitrogens with one attached hydrogen (secondary N) is 1. The van der Waals surface area contributed by atoms with Crippen molar-refractivity contribution in [1.29, 1.82) is 0 Å². The molecular weight excluding hydrogens is 316 g/mol. The van der Waals surface area contributed by atoms with Crippen molar-refractivity contribution in [3.8, 4) is 0 Å². The third-order valence-corrected chi connectivity index (χ3v) is 3.65. The molecule has 25 heavy (non-hydrogen) atoms. The van der Waals surface area contributed by atoms with Gasteiger partial charge in [0.05, 0.1) is 17.5 Å². The molecule has 1 radical (unpaired) electrons. The zero-order valence-corrected chi connectivity index (χ0v) is 13.5. The van der Waals surface area contributed by atoms with Crippen molar-refractivity contribution in [3.63, 3.8) is 0 Å². The SMILES string of the molecule is NC(=O)c1nc2ccccc2nc1NC(=O)[CH]CCc1ccccc1. The molecule has 0 bridgehead atoms. The van der Waals surface area contributed by atoms with E-state index in [1.807, 2.05) is 30.3 Å². The minimum absolute atomic E-state index is 0.0523. The first-order chi connectivity index (χ1) is 12.1. The van der Waals surface area contributed by atoms with Crippen LogP contribution in [0.3, 0.4) is 0 Å². The zero-order valence-electron chi connectivity index (χ0n) is 13.5. The Labute approximate surface area is 145 Å². The largest absolute Gasteiger partial charge is 0.364 e. The van der Waals surface area contributed by atoms with Crippen molar-refractivity contribution in [2.45, 2.75) is 12.8 Å². The Balaban J connectivity index is 1.69. The number of anilines is 1. The first kappa shape index (κ1) is 16.6. The average molecular weight is 333 g/mol. The monoisotopic (exact) mass is 333 g/mol. The van der Waals surface area contributed by atoms with Crippen LogP contribution in [0.1, 0.15) is 22.5 Å². The first-order valence-corrected chi connectivity index (χ1v) is 7.88. The lowest BCUT2D eigenvalue weighted by Gasteiger charge is -2.09. The van der Waals surface area contributed by atoms with Crippen LogP contribution in [-0.2, 0) is 11.2 Å². The van der Waals surface area contributed by atoms with Gasteiger partial charge < -0.3 is 11.1 Å². The number of hydrogen-bond donors (Lipinski definition) is 2. The van der Waals surface area contributed by atoms with Crippen molar-refractivity contribution < 1.29 is 9.59 Å². The van der Waals surface area contributed by atoms with Gasteiger partial charge in [-0.2, -0.15) is 0 Å². The molecule has 1 heterocycles. The predicted octanol–water partition coefficient (Wildman–Crippen LogP) is 2.50. The second-order valence-electron chi connectivity index (χ2n) is 5.49. The van der Waals surface area contributed by atoms with Crippen molar-refractivity contribution in [2.24, 2.45) is 5.73 Å². The lowest BCUT2D eigenvalue weighted by atomic mass is 10.1. The van der Waals surface area contributed by atoms with E-state index in [0.717, 1.165) is 12.0 Å². The topological polar surface area (TPSA) is 98.0 Å². The number of nitrogens with zero attached hydrogens (tertiary/aromatic N) is 2. The van der Waals surface area contributed by atoms with Gasteiger partial charge in [-0.15, -0.1) is 0 Å². The normalized spacial score (nSPS) is 10.6. The highest BCUT2D eigenvalue weighted by atomic mass is 16.2. The molecule has 0 aliphatic rings. The van der Waals surface area contributed by atoms with Crippen LogP contribution in [-0.4, -0.2) is 21.8 Å². The summed E-state index contributed by atoms with van der Waals surface area (Å²) in [4.78, 5) is 32.2. The van der Waals surface area contributed by atoms with E-state index in [1.165, 1.54) is 6.42 Å². The van der Waals surface area contributed by atoms with Crippen LogP contribution in [0.5, 0.6) is 0 Å². The molecule has 6 heteroatoms. The van der Waals surface area contributed by atoms with Gasteiger partial charge in [0.25, 0.3) is 5.91 Å². The van der Waals surface area contributed by atoms with E-state index in [0.29, 0.717) is 17.5 Å². The van der Waals surface area contributed by atoms with Crippen LogP contribution >= 0.6 is 0 Å². The van der Waals surface area contributed by atoms with Crippen molar-refractivity contribution in [3.05, 3.63) is 72.3 Å². The Morgan fingerprint density at radius 1 is 0.960 bits per heavy atom. The van der Waals surface area contributed by atoms with E-state index in [1.54, 1.807) is 24.3 Å². The fourth-order valence-corrected chi connectivity index (χ4v) is 2.44. The molecule has 0 saturated carbocycles. The van der Waals surface area contributed by atoms with Crippen LogP contribution < -0.4 is 11.1 Å². The van der Waals surface area contributed by atoms with E-state index >= 15 is 0 Å². The van der Waals surface area contributed by atoms with Gasteiger partial charge in [-0.05, 0) is 30.5 Å². The van der Waals surface area contributed by atoms with Crippen LogP contribution in [0, 0.1) is 6.42 Å². The maximum absolute atomic E-state index is 12.1. The maximum Gasteiger partial charge on any atom is 0.271 e. The van der Waals surface area contributed by atoms with E-state index in [2.05, 4.69) is 15.3 Å². The second kappa shape index (κ2) is 7.53. The van der Waals surface area contributed by atoms with E-state index in [-0.39, 0.29) is 17.4 Å². The van der Waals surface area contributed by atoms with Gasteiger partial charge in [0.15, 0.2) is 11.5 Å². The number of carbonyl (C=O) groups excluding carboxylic acids is 2. The maximum atomic E-state index is 12.1. The number of aryl methyl sites for hydroxylation is 1. The number of aromatic nitrogens is 2. The number of para-hydroxylation sites is 2. The van der Waals surface area contributed by atoms with E-state index in [9.17, 15) is 9.59 Å². The van der Waals surface area contributed by atoms with Gasteiger partial charge in [-0.3, -0.25) is 9.59 Å². The number of carbonyl (C=O) groups is 2. The summed E-state index contributed by atoms with van der Waals surface area (Å²) in [6, 6.07) is 16.9. The first-order valence-electron chi connectivity index (χ1n) is 7.88. The molecule has 2 amide bonds. The third-order valence-electron chi connectivity index (χ3n) is 3.65. The van der Waals surface area contributed by atoms with Gasteiger partial charge in [-0.1, -0.05) is 42.5 Å². The molecule has 0 atom stereocenters. The minimum Gasteiger partial charge on any atom is -0.364 e. The zero-order chi connectivity index (χ0) is 17.6. The number of amides is 2. The standard InChI is InChI=1S/C19H17N4O2/c20-18(25)17-19(22-15-11-5-4-10-14(15)21-17)23-16(24)12-6-9-13-7-2-1-3-8-13/h1-5,7-8,10-12H,6,9H2,(H2,20,25)(H,22,23,24). The van der Waals surface area contributed by atoms with Crippen molar-refractivity contribution in [2.75, 3.05) is 5.32 Å². The van der Waals surface area contributed by atoms with Gasteiger partial charge in [0.1, 0.15) is 0 Å². The molecule has 1 aromatic heterocycles. The molecular formula is C19H17N4O2. The van der Waals surface area contributed by atoms with Gasteiger partial charge in [0, 0.05) is 0 Å². The number of nitrogens with two attached hydrogens (primary N) is 1. The molecule has 6 nitrogen and oxygen atoms in total. The Morgan fingerprint density at radius 2 is 1.60 bits per heavy atom. The molecule has 2 aromatic carbocycles. The molecule has 3 aromatic rings. The fourth-order valence-electron chi connectivity index (χ4n) is 2.44. The van der Waals surface area contributed by atoms with E-state index in [4.69, 9.17) is 5.73 Å². The molecule has 0 aliphatic carbocycles. The lowest BCUT2D eigenvalue weighted by Crippen LogP contribution is -2.21. The Bertz CT molecular complexity index is 910. The summed E-state index contributed by atoms with van der Waals surface area (Å²) in [5.74, 6) is -1.01. The highest BCUT2D eigenvalue weighted by Crippen LogP contribution is 2.17. The Morgan fingerprint density at radius 3 is 2.28 bits per heavy atom. The number of hydrogen-bond acceptors (Lipinski definition) is 4. The summed E-state index contributed by atoms with van der Waals surface area (Å²) in [6.45, 7) is 0. The molecule has 0 unspecified atom stereocenters. The van der Waals surface area contributed by atoms with Crippen molar-refractivity contribution >= 4 is 28.7 Å². The van der Waals surface area contributed by atoms with Crippen LogP contribution in [0.15, 0.2) is 54.6 Å². The quantitative estimate of drug-likeness (QED) is 0.724. The summed E-state index contributed by atoms with van der Waals surface area (Å²) in [6.07, 6.45) is 2.84. The molecule has 0 saturated heterocycles. The summed E-state index contributed by atoms with van der Waals surface area (Å²) in [7, 11) is 0. The highest BCUT2D eigenvalue weighted by Gasteiger charge is 2.16. The number of primary amides is 1. The smallest absolute Gasteiger partial charge is 0.271 e. The minimum atomic E-state index is -0.738. The van der Waals surface area contributed by atoms with Gasteiger partial charge >= 0.3 is 0 Å². The van der Waals surface area contributed by atoms with Gasteiger partial charge in [0.2, 0.25) is 5.91 Å². The Hall–Kier alpha value is -3.28. The molecule has 3 N–H and O–H groups in total. The average Bonchev–Trinajstić information content (AvgIpc) is 2.62. The second-order valence-corrected chi connectivity index (χ2v) is 5.49. The van der Waals surface area contributed by atoms with Crippen LogP contribution in [0.2, 0.25) is 0 Å². The van der Waals surface area contributed by atoms with Crippen molar-refractivity contribution in [1.82, 2.24) is 9.97 Å². The summed E-state index contributed by atoms with van der Waals surface area (Å²) in [5.41, 5.74) is 7.57. The number of fused-ring (bicyclic) bond motifs is 1. The van der Waals surface area contributed by atoms with Crippen LogP contribution in [0.4, 0.5) is 5.82 Å². The number of rotatable bonds is 6. The third kappa shape index (κ3) is 4.17. The molecule has 0 fully saturated rings. The van der Waals surface area contributed by atoms with Crippen LogP contribution in [0.25, 0.3) is 11.0 Å². The summed E-state index contributed by atoms with van der Waals surface area (Å²) in [5, 5.41) is 2.60.